The smallest absolute Gasteiger partial charge is 0.265 e. The average molecular weight is 419 g/mol. The highest BCUT2D eigenvalue weighted by Gasteiger charge is 2.25. The molecule has 0 aromatic heterocycles. The first-order chi connectivity index (χ1) is 13.9. The number of sulfonamides is 1. The number of rotatable bonds is 7. The van der Waals surface area contributed by atoms with Gasteiger partial charge in [0.1, 0.15) is 11.5 Å². The molecule has 29 heavy (non-hydrogen) atoms. The molecule has 1 amide bonds. The molecule has 0 spiro atoms. The summed E-state index contributed by atoms with van der Waals surface area (Å²) in [6, 6.07) is 13.2. The van der Waals surface area contributed by atoms with Gasteiger partial charge < -0.3 is 14.8 Å². The van der Waals surface area contributed by atoms with Crippen molar-refractivity contribution in [1.82, 2.24) is 4.31 Å². The number of carbonyl (C=O) groups is 1. The van der Waals surface area contributed by atoms with E-state index in [1.165, 1.54) is 16.4 Å². The van der Waals surface area contributed by atoms with Crippen LogP contribution in [0.3, 0.4) is 0 Å². The van der Waals surface area contributed by atoms with E-state index < -0.39 is 16.1 Å². The molecule has 1 saturated heterocycles. The minimum Gasteiger partial charge on any atom is -0.497 e. The number of amides is 1. The number of hydrogen-bond acceptors (Lipinski definition) is 5. The van der Waals surface area contributed by atoms with E-state index in [0.717, 1.165) is 19.3 Å². The van der Waals surface area contributed by atoms with Crippen LogP contribution in [0.2, 0.25) is 0 Å². The first kappa shape index (κ1) is 21.1. The minimum atomic E-state index is -3.49. The molecule has 3 rings (SSSR count). The summed E-state index contributed by atoms with van der Waals surface area (Å²) in [6.45, 7) is 2.75. The Balaban J connectivity index is 1.61. The lowest BCUT2D eigenvalue weighted by molar-refractivity contribution is -0.122. The number of piperidine rings is 1. The van der Waals surface area contributed by atoms with Gasteiger partial charge >= 0.3 is 0 Å². The summed E-state index contributed by atoms with van der Waals surface area (Å²) in [7, 11) is -1.93. The summed E-state index contributed by atoms with van der Waals surface area (Å²) in [4.78, 5) is 12.6. The Bertz CT molecular complexity index is 938. The van der Waals surface area contributed by atoms with Crippen LogP contribution in [0.5, 0.6) is 11.5 Å². The quantitative estimate of drug-likeness (QED) is 0.746. The SMILES string of the molecule is COc1cccc(O[C@@H](C)C(=O)Nc2ccc(S(=O)(=O)N3CCCCC3)cc2)c1. The summed E-state index contributed by atoms with van der Waals surface area (Å²) in [6.07, 6.45) is 2.10. The van der Waals surface area contributed by atoms with Gasteiger partial charge in [-0.3, -0.25) is 4.79 Å². The maximum absolute atomic E-state index is 12.7. The van der Waals surface area contributed by atoms with Gasteiger partial charge in [0.15, 0.2) is 6.10 Å². The monoisotopic (exact) mass is 418 g/mol. The zero-order valence-corrected chi connectivity index (χ0v) is 17.4. The number of anilines is 1. The lowest BCUT2D eigenvalue weighted by Gasteiger charge is -2.25. The molecule has 0 bridgehead atoms. The summed E-state index contributed by atoms with van der Waals surface area (Å²) in [5, 5.41) is 2.75. The van der Waals surface area contributed by atoms with Crippen LogP contribution in [-0.4, -0.2) is 44.9 Å². The first-order valence-electron chi connectivity index (χ1n) is 9.62. The van der Waals surface area contributed by atoms with Gasteiger partial charge in [0, 0.05) is 24.8 Å². The molecule has 1 aliphatic heterocycles. The number of methoxy groups -OCH3 is 1. The minimum absolute atomic E-state index is 0.234. The third-order valence-corrected chi connectivity index (χ3v) is 6.71. The van der Waals surface area contributed by atoms with E-state index in [0.29, 0.717) is 30.3 Å². The Hall–Kier alpha value is -2.58. The molecule has 0 radical (unpaired) electrons. The highest BCUT2D eigenvalue weighted by molar-refractivity contribution is 7.89. The van der Waals surface area contributed by atoms with Crippen LogP contribution in [0.1, 0.15) is 26.2 Å². The van der Waals surface area contributed by atoms with Crippen LogP contribution in [0.4, 0.5) is 5.69 Å². The molecule has 0 saturated carbocycles. The van der Waals surface area contributed by atoms with Crippen molar-refractivity contribution in [3.63, 3.8) is 0 Å². The van der Waals surface area contributed by atoms with Crippen molar-refractivity contribution in [1.29, 1.82) is 0 Å². The Labute approximate surface area is 171 Å². The summed E-state index contributed by atoms with van der Waals surface area (Å²) in [5.74, 6) is 0.829. The van der Waals surface area contributed by atoms with Crippen molar-refractivity contribution < 1.29 is 22.7 Å². The standard InChI is InChI=1S/C21H26N2O5S/c1-16(28-19-8-6-7-18(15-19)27-2)21(24)22-17-9-11-20(12-10-17)29(25,26)23-13-4-3-5-14-23/h6-12,15-16H,3-5,13-14H2,1-2H3,(H,22,24)/t16-/m0/s1. The molecule has 7 nitrogen and oxygen atoms in total. The van der Waals surface area contributed by atoms with Gasteiger partial charge in [-0.05, 0) is 56.2 Å². The van der Waals surface area contributed by atoms with Crippen LogP contribution in [0.15, 0.2) is 53.4 Å². The predicted molar refractivity (Wildman–Crippen MR) is 111 cm³/mol. The number of hydrogen-bond donors (Lipinski definition) is 1. The molecule has 156 valence electrons. The second kappa shape index (κ2) is 9.28. The Morgan fingerprint density at radius 1 is 1.03 bits per heavy atom. The fourth-order valence-electron chi connectivity index (χ4n) is 3.14. The fraction of sp³-hybridized carbons (Fsp3) is 0.381. The summed E-state index contributed by atoms with van der Waals surface area (Å²) in [5.41, 5.74) is 0.508. The summed E-state index contributed by atoms with van der Waals surface area (Å²) >= 11 is 0. The van der Waals surface area contributed by atoms with E-state index in [-0.39, 0.29) is 10.8 Å². The van der Waals surface area contributed by atoms with Gasteiger partial charge in [0.25, 0.3) is 5.91 Å². The van der Waals surface area contributed by atoms with Crippen molar-refractivity contribution >= 4 is 21.6 Å². The highest BCUT2D eigenvalue weighted by Crippen LogP contribution is 2.23. The van der Waals surface area contributed by atoms with Gasteiger partial charge in [-0.15, -0.1) is 0 Å². The third kappa shape index (κ3) is 5.27. The molecule has 2 aromatic rings. The van der Waals surface area contributed by atoms with Gasteiger partial charge in [-0.25, -0.2) is 8.42 Å². The number of nitrogens with one attached hydrogen (secondary N) is 1. The molecule has 2 aromatic carbocycles. The molecule has 1 atom stereocenters. The normalized spacial score (nSPS) is 16.1. The molecule has 1 fully saturated rings. The highest BCUT2D eigenvalue weighted by atomic mass is 32.2. The van der Waals surface area contributed by atoms with E-state index in [9.17, 15) is 13.2 Å². The molecule has 1 N–H and O–H groups in total. The molecule has 1 aliphatic rings. The van der Waals surface area contributed by atoms with Crippen molar-refractivity contribution in [3.05, 3.63) is 48.5 Å². The molecule has 8 heteroatoms. The van der Waals surface area contributed by atoms with Crippen molar-refractivity contribution in [3.8, 4) is 11.5 Å². The van der Waals surface area contributed by atoms with Crippen LogP contribution in [0, 0.1) is 0 Å². The van der Waals surface area contributed by atoms with Crippen molar-refractivity contribution in [2.45, 2.75) is 37.2 Å². The van der Waals surface area contributed by atoms with E-state index in [2.05, 4.69) is 5.32 Å². The maximum atomic E-state index is 12.7. The third-order valence-electron chi connectivity index (χ3n) is 4.80. The zero-order valence-electron chi connectivity index (χ0n) is 16.6. The topological polar surface area (TPSA) is 84.9 Å². The van der Waals surface area contributed by atoms with Gasteiger partial charge in [0.05, 0.1) is 12.0 Å². The zero-order chi connectivity index (χ0) is 20.9. The first-order valence-corrected chi connectivity index (χ1v) is 11.1. The van der Waals surface area contributed by atoms with Crippen LogP contribution < -0.4 is 14.8 Å². The lowest BCUT2D eigenvalue weighted by atomic mass is 10.2. The second-order valence-corrected chi connectivity index (χ2v) is 8.86. The van der Waals surface area contributed by atoms with Gasteiger partial charge in [-0.2, -0.15) is 4.31 Å². The molecule has 0 aliphatic carbocycles. The second-order valence-electron chi connectivity index (χ2n) is 6.92. The number of carbonyl (C=O) groups excluding carboxylic acids is 1. The average Bonchev–Trinajstić information content (AvgIpc) is 2.75. The van der Waals surface area contributed by atoms with Crippen LogP contribution >= 0.6 is 0 Å². The largest absolute Gasteiger partial charge is 0.497 e. The fourth-order valence-corrected chi connectivity index (χ4v) is 4.66. The van der Waals surface area contributed by atoms with E-state index in [1.54, 1.807) is 50.4 Å². The number of ether oxygens (including phenoxy) is 2. The van der Waals surface area contributed by atoms with Crippen molar-refractivity contribution in [2.75, 3.05) is 25.5 Å². The Morgan fingerprint density at radius 2 is 1.69 bits per heavy atom. The van der Waals surface area contributed by atoms with Gasteiger partial charge in [-0.1, -0.05) is 12.5 Å². The molecular weight excluding hydrogens is 392 g/mol. The van der Waals surface area contributed by atoms with Gasteiger partial charge in [0.2, 0.25) is 10.0 Å². The molecule has 0 unspecified atom stereocenters. The Morgan fingerprint density at radius 3 is 2.34 bits per heavy atom. The summed E-state index contributed by atoms with van der Waals surface area (Å²) < 4.78 is 37.7. The lowest BCUT2D eigenvalue weighted by Crippen LogP contribution is -2.35. The molecule has 1 heterocycles. The van der Waals surface area contributed by atoms with Crippen molar-refractivity contribution in [2.24, 2.45) is 0 Å². The van der Waals surface area contributed by atoms with E-state index in [1.807, 2.05) is 0 Å². The number of benzene rings is 2. The van der Waals surface area contributed by atoms with Crippen LogP contribution in [-0.2, 0) is 14.8 Å². The predicted octanol–water partition coefficient (Wildman–Crippen LogP) is 3.28. The Kier molecular flexibility index (Phi) is 6.76. The molecular formula is C21H26N2O5S. The van der Waals surface area contributed by atoms with Crippen LogP contribution in [0.25, 0.3) is 0 Å². The number of nitrogens with zero attached hydrogens (tertiary/aromatic N) is 1. The van der Waals surface area contributed by atoms with E-state index >= 15 is 0 Å². The maximum Gasteiger partial charge on any atom is 0.265 e. The van der Waals surface area contributed by atoms with E-state index in [4.69, 9.17) is 9.47 Å².